The van der Waals surface area contributed by atoms with Gasteiger partial charge in [0.1, 0.15) is 0 Å². The summed E-state index contributed by atoms with van der Waals surface area (Å²) in [5.74, 6) is 3.74. The molecule has 0 aliphatic rings. The molecule has 0 bridgehead atoms. The summed E-state index contributed by atoms with van der Waals surface area (Å²) in [4.78, 5) is 30.7. The van der Waals surface area contributed by atoms with Crippen LogP contribution >= 0.6 is 0 Å². The molecule has 0 saturated carbocycles. The number of hydrogen-bond acceptors (Lipinski definition) is 6. The molecule has 124 heavy (non-hydrogen) atoms. The largest absolute Gasteiger partial charge is 0.309 e. The zero-order chi connectivity index (χ0) is 82.0. The molecular formula is C114H74N10. The van der Waals surface area contributed by atoms with E-state index in [-0.39, 0.29) is 0 Å². The Kier molecular flexibility index (Phi) is 18.0. The second-order valence-electron chi connectivity index (χ2n) is 31.4. The predicted octanol–water partition coefficient (Wildman–Crippen LogP) is 28.8. The highest BCUT2D eigenvalue weighted by Crippen LogP contribution is 2.44. The van der Waals surface area contributed by atoms with Crippen LogP contribution in [0.4, 0.5) is 0 Å². The van der Waals surface area contributed by atoms with Gasteiger partial charge in [0.05, 0.1) is 44.1 Å². The molecular weight excluding hydrogens is 1510 g/mol. The van der Waals surface area contributed by atoms with Gasteiger partial charge < -0.3 is 18.3 Å². The SMILES string of the molecule is c1ccc(-c2cc(-c3nc(-c4ccccc4)nc(-c4ccccc4)n3)cc(-n3c4ccccc4c4ccc(-c5ccc6c7ccccc7n(-c7ccccc7)c6c5)cc43)c2)cc1.c1ccc(-c2cccc(-c3nc(-c4ccccc4)nc(-c4cccc(-n5c6ccccc6c6ccc(-c7ccc8c9ccccc9n(-c9ccccc9)c8c7)cc65)c4)n3)c2)cc1. The molecule has 0 unspecified atom stereocenters. The molecule has 10 nitrogen and oxygen atoms in total. The first-order valence-corrected chi connectivity index (χ1v) is 41.9. The van der Waals surface area contributed by atoms with Crippen molar-refractivity contribution in [3.63, 3.8) is 0 Å². The molecule has 6 aromatic heterocycles. The third kappa shape index (κ3) is 13.1. The van der Waals surface area contributed by atoms with E-state index >= 15 is 0 Å². The normalized spacial score (nSPS) is 11.5. The van der Waals surface area contributed by atoms with Crippen molar-refractivity contribution in [2.24, 2.45) is 0 Å². The van der Waals surface area contributed by atoms with Crippen molar-refractivity contribution < 1.29 is 0 Å². The Balaban J connectivity index is 0.000000143. The van der Waals surface area contributed by atoms with Crippen LogP contribution in [0.25, 0.3) is 223 Å². The number of nitrogens with zero attached hydrogens (tertiary/aromatic N) is 10. The first-order chi connectivity index (χ1) is 61.5. The van der Waals surface area contributed by atoms with E-state index in [4.69, 9.17) is 29.9 Å². The highest BCUT2D eigenvalue weighted by atomic mass is 15.1. The minimum atomic E-state index is 0.611. The summed E-state index contributed by atoms with van der Waals surface area (Å²) >= 11 is 0. The van der Waals surface area contributed by atoms with Crippen molar-refractivity contribution in [3.8, 4) is 136 Å². The first-order valence-electron chi connectivity index (χ1n) is 41.9. The van der Waals surface area contributed by atoms with E-state index in [1.54, 1.807) is 0 Å². The van der Waals surface area contributed by atoms with Crippen molar-refractivity contribution >= 4 is 87.2 Å². The van der Waals surface area contributed by atoms with Gasteiger partial charge in [0.15, 0.2) is 34.9 Å². The molecule has 10 heteroatoms. The molecule has 580 valence electrons. The molecule has 0 aliphatic heterocycles. The summed E-state index contributed by atoms with van der Waals surface area (Å²) in [7, 11) is 0. The zero-order valence-corrected chi connectivity index (χ0v) is 67.2. The van der Waals surface area contributed by atoms with E-state index in [1.165, 1.54) is 65.2 Å². The van der Waals surface area contributed by atoms with Gasteiger partial charge in [0.25, 0.3) is 0 Å². The standard InChI is InChI=1S/2C57H37N5/c1-5-17-38(18-6-1)43-33-44(57-59-55(39-19-7-2-8-20-39)58-56(60-57)40-21-9-3-10-22-40)35-46(34-43)62-52-28-16-14-26-48(52)50-32-30-42(37-54(50)62)41-29-31-49-47-25-13-15-27-51(47)61(53(49)36-41)45-23-11-4-12-24-45;1-4-16-38(17-5-1)40-20-14-21-43(34-40)56-58-55(39-18-6-2-7-19-39)59-57(60-56)44-22-15-25-46(35-44)62-52-29-13-11-27-48(52)50-33-31-42(37-54(50)62)41-30-32-49-47-26-10-12-28-51(47)61(53(49)36-41)45-23-8-3-9-24-45/h2*1-37H. The highest BCUT2D eigenvalue weighted by Gasteiger charge is 2.24. The molecule has 0 N–H and O–H groups in total. The van der Waals surface area contributed by atoms with Gasteiger partial charge in [-0.25, -0.2) is 29.9 Å². The van der Waals surface area contributed by atoms with Gasteiger partial charge in [-0.3, -0.25) is 0 Å². The predicted molar refractivity (Wildman–Crippen MR) is 511 cm³/mol. The van der Waals surface area contributed by atoms with Crippen molar-refractivity contribution in [1.82, 2.24) is 48.2 Å². The van der Waals surface area contributed by atoms with Crippen molar-refractivity contribution in [2.75, 3.05) is 0 Å². The summed E-state index contributed by atoms with van der Waals surface area (Å²) in [6, 6.07) is 159. The number of para-hydroxylation sites is 6. The molecule has 0 saturated heterocycles. The van der Waals surface area contributed by atoms with Gasteiger partial charge >= 0.3 is 0 Å². The summed E-state index contributed by atoms with van der Waals surface area (Å²) in [6.07, 6.45) is 0. The van der Waals surface area contributed by atoms with Crippen LogP contribution in [-0.4, -0.2) is 48.2 Å². The van der Waals surface area contributed by atoms with Crippen LogP contribution in [0.2, 0.25) is 0 Å². The van der Waals surface area contributed by atoms with Gasteiger partial charge in [-0.2, -0.15) is 0 Å². The Bertz CT molecular complexity index is 8100. The van der Waals surface area contributed by atoms with Crippen LogP contribution < -0.4 is 0 Å². The van der Waals surface area contributed by atoms with E-state index in [2.05, 4.69) is 407 Å². The van der Waals surface area contributed by atoms with Gasteiger partial charge in [0.2, 0.25) is 0 Å². The fourth-order valence-electron chi connectivity index (χ4n) is 18.1. The van der Waals surface area contributed by atoms with E-state index in [0.717, 1.165) is 123 Å². The molecule has 24 rings (SSSR count). The summed E-state index contributed by atoms with van der Waals surface area (Å²) in [6.45, 7) is 0. The molecule has 24 aromatic rings. The Morgan fingerprint density at radius 3 is 0.702 bits per heavy atom. The second-order valence-corrected chi connectivity index (χ2v) is 31.4. The lowest BCUT2D eigenvalue weighted by Gasteiger charge is -2.15. The third-order valence-corrected chi connectivity index (χ3v) is 23.9. The second kappa shape index (κ2) is 30.8. The lowest BCUT2D eigenvalue weighted by atomic mass is 10.0. The summed E-state index contributed by atoms with van der Waals surface area (Å²) in [5.41, 5.74) is 28.2. The maximum atomic E-state index is 5.17. The molecule has 6 heterocycles. The number of benzene rings is 18. The minimum absolute atomic E-state index is 0.611. The quantitative estimate of drug-likeness (QED) is 0.108. The van der Waals surface area contributed by atoms with Crippen LogP contribution in [0.15, 0.2) is 449 Å². The summed E-state index contributed by atoms with van der Waals surface area (Å²) in [5, 5.41) is 9.74. The summed E-state index contributed by atoms with van der Waals surface area (Å²) < 4.78 is 9.54. The number of fused-ring (bicyclic) bond motifs is 12. The Hall–Kier alpha value is -16.8. The third-order valence-electron chi connectivity index (χ3n) is 23.9. The van der Waals surface area contributed by atoms with Crippen molar-refractivity contribution in [2.45, 2.75) is 0 Å². The fraction of sp³-hybridized carbons (Fsp3) is 0. The maximum Gasteiger partial charge on any atom is 0.164 e. The van der Waals surface area contributed by atoms with Crippen LogP contribution in [0.5, 0.6) is 0 Å². The lowest BCUT2D eigenvalue weighted by Crippen LogP contribution is -2.01. The molecule has 0 amide bonds. The van der Waals surface area contributed by atoms with Crippen LogP contribution in [0.3, 0.4) is 0 Å². The number of aromatic nitrogens is 10. The zero-order valence-electron chi connectivity index (χ0n) is 67.2. The number of hydrogen-bond donors (Lipinski definition) is 0. The van der Waals surface area contributed by atoms with Gasteiger partial charge in [-0.1, -0.05) is 340 Å². The Labute approximate surface area is 715 Å². The smallest absolute Gasteiger partial charge is 0.164 e. The average molecular weight is 1580 g/mol. The first kappa shape index (κ1) is 72.4. The average Bonchev–Trinajstić information content (AvgIpc) is 1.57. The Morgan fingerprint density at radius 2 is 0.331 bits per heavy atom. The van der Waals surface area contributed by atoms with E-state index < -0.39 is 0 Å². The van der Waals surface area contributed by atoms with Crippen LogP contribution in [-0.2, 0) is 0 Å². The topological polar surface area (TPSA) is 97.1 Å². The van der Waals surface area contributed by atoms with Crippen molar-refractivity contribution in [1.29, 1.82) is 0 Å². The molecule has 0 radical (unpaired) electrons. The minimum Gasteiger partial charge on any atom is -0.309 e. The van der Waals surface area contributed by atoms with Gasteiger partial charge in [0, 0.05) is 99.2 Å². The monoisotopic (exact) mass is 1580 g/mol. The molecule has 0 spiro atoms. The molecule has 0 aliphatic carbocycles. The number of rotatable bonds is 14. The van der Waals surface area contributed by atoms with Gasteiger partial charge in [-0.05, 0) is 154 Å². The highest BCUT2D eigenvalue weighted by molar-refractivity contribution is 6.15. The maximum absolute atomic E-state index is 5.17. The van der Waals surface area contributed by atoms with Gasteiger partial charge in [-0.15, -0.1) is 0 Å². The fourth-order valence-corrected chi connectivity index (χ4v) is 18.1. The molecule has 0 fully saturated rings. The van der Waals surface area contributed by atoms with Crippen LogP contribution in [0.1, 0.15) is 0 Å². The van der Waals surface area contributed by atoms with Crippen molar-refractivity contribution in [3.05, 3.63) is 449 Å². The van der Waals surface area contributed by atoms with E-state index in [0.29, 0.717) is 34.9 Å². The van der Waals surface area contributed by atoms with Crippen LogP contribution in [0, 0.1) is 0 Å². The molecule has 0 atom stereocenters. The van der Waals surface area contributed by atoms with E-state index in [1.807, 2.05) is 60.7 Å². The van der Waals surface area contributed by atoms with E-state index in [9.17, 15) is 0 Å². The lowest BCUT2D eigenvalue weighted by molar-refractivity contribution is 1.07. The Morgan fingerprint density at radius 1 is 0.113 bits per heavy atom. The molecule has 18 aromatic carbocycles.